The summed E-state index contributed by atoms with van der Waals surface area (Å²) in [7, 11) is 0. The van der Waals surface area contributed by atoms with Crippen LogP contribution >= 0.6 is 0 Å². The van der Waals surface area contributed by atoms with Gasteiger partial charge in [-0.1, -0.05) is 24.3 Å². The Bertz CT molecular complexity index is 1060. The van der Waals surface area contributed by atoms with E-state index in [-0.39, 0.29) is 18.0 Å². The summed E-state index contributed by atoms with van der Waals surface area (Å²) in [4.78, 5) is 25.1. The summed E-state index contributed by atoms with van der Waals surface area (Å²) in [5, 5.41) is 15.7. The number of nitrogens with zero attached hydrogens (tertiary/aromatic N) is 4. The number of carbonyl (C=O) groups excluding carboxylic acids is 1. The summed E-state index contributed by atoms with van der Waals surface area (Å²) in [5.41, 5.74) is 4.98. The van der Waals surface area contributed by atoms with Gasteiger partial charge in [-0.15, -0.1) is 0 Å². The first-order chi connectivity index (χ1) is 13.0. The minimum atomic E-state index is -0.412. The molecule has 7 heteroatoms. The first-order valence-corrected chi connectivity index (χ1v) is 8.64. The molecule has 0 atom stereocenters. The molecule has 0 saturated heterocycles. The zero-order valence-corrected chi connectivity index (χ0v) is 15.0. The normalized spacial score (nSPS) is 13.6. The van der Waals surface area contributed by atoms with Crippen molar-refractivity contribution in [3.05, 3.63) is 81.2 Å². The van der Waals surface area contributed by atoms with E-state index in [4.69, 9.17) is 0 Å². The summed E-state index contributed by atoms with van der Waals surface area (Å²) in [6.07, 6.45) is 0.225. The molecule has 2 heterocycles. The number of hydrogen-bond acceptors (Lipinski definition) is 4. The molecule has 1 aliphatic rings. The first-order valence-electron chi connectivity index (χ1n) is 8.64. The third-order valence-electron chi connectivity index (χ3n) is 4.90. The summed E-state index contributed by atoms with van der Waals surface area (Å²) in [6.45, 7) is 4.11. The highest BCUT2D eigenvalue weighted by molar-refractivity contribution is 5.97. The van der Waals surface area contributed by atoms with Crippen LogP contribution in [0.3, 0.4) is 0 Å². The quantitative estimate of drug-likeness (QED) is 0.528. The number of rotatable bonds is 3. The maximum Gasteiger partial charge on any atom is 0.269 e. The number of aryl methyl sites for hydroxylation is 1. The van der Waals surface area contributed by atoms with Crippen LogP contribution in [-0.2, 0) is 17.8 Å². The van der Waals surface area contributed by atoms with Crippen molar-refractivity contribution in [1.82, 2.24) is 9.78 Å². The van der Waals surface area contributed by atoms with Gasteiger partial charge in [0.15, 0.2) is 0 Å². The third kappa shape index (κ3) is 2.87. The van der Waals surface area contributed by atoms with Gasteiger partial charge in [0.25, 0.3) is 5.69 Å². The van der Waals surface area contributed by atoms with Gasteiger partial charge in [0.1, 0.15) is 0 Å². The van der Waals surface area contributed by atoms with Gasteiger partial charge in [0.05, 0.1) is 40.7 Å². The highest BCUT2D eigenvalue weighted by Crippen LogP contribution is 2.33. The van der Waals surface area contributed by atoms with Crippen molar-refractivity contribution in [2.45, 2.75) is 26.8 Å². The predicted octanol–water partition coefficient (Wildman–Crippen LogP) is 3.49. The number of non-ortho nitro benzene ring substituents is 1. The second-order valence-electron chi connectivity index (χ2n) is 6.63. The SMILES string of the molecule is Cc1nn(-c2ccccc2)c(C)c1N1Cc2cc([N+](=O)[O-])ccc2CC1=O. The lowest BCUT2D eigenvalue weighted by atomic mass is 9.98. The molecular weight excluding hydrogens is 344 g/mol. The van der Waals surface area contributed by atoms with Gasteiger partial charge in [-0.2, -0.15) is 5.10 Å². The molecule has 7 nitrogen and oxygen atoms in total. The van der Waals surface area contributed by atoms with E-state index in [9.17, 15) is 14.9 Å². The van der Waals surface area contributed by atoms with Crippen molar-refractivity contribution in [3.8, 4) is 5.69 Å². The molecule has 0 radical (unpaired) electrons. The van der Waals surface area contributed by atoms with Gasteiger partial charge < -0.3 is 4.90 Å². The number of carbonyl (C=O) groups is 1. The number of nitro groups is 1. The van der Waals surface area contributed by atoms with Crippen molar-refractivity contribution < 1.29 is 9.72 Å². The molecule has 3 aromatic rings. The van der Waals surface area contributed by atoms with Gasteiger partial charge in [0.2, 0.25) is 5.91 Å². The highest BCUT2D eigenvalue weighted by atomic mass is 16.6. The van der Waals surface area contributed by atoms with Crippen molar-refractivity contribution in [2.24, 2.45) is 0 Å². The highest BCUT2D eigenvalue weighted by Gasteiger charge is 2.29. The van der Waals surface area contributed by atoms with E-state index in [0.29, 0.717) is 6.54 Å². The molecule has 1 aromatic heterocycles. The Hall–Kier alpha value is -3.48. The van der Waals surface area contributed by atoms with Gasteiger partial charge in [-0.3, -0.25) is 14.9 Å². The largest absolute Gasteiger partial charge is 0.304 e. The molecule has 0 aliphatic carbocycles. The molecule has 0 saturated carbocycles. The molecule has 0 unspecified atom stereocenters. The third-order valence-corrected chi connectivity index (χ3v) is 4.90. The van der Waals surface area contributed by atoms with Crippen molar-refractivity contribution in [1.29, 1.82) is 0 Å². The Morgan fingerprint density at radius 1 is 1.07 bits per heavy atom. The molecule has 136 valence electrons. The Morgan fingerprint density at radius 3 is 2.52 bits per heavy atom. The van der Waals surface area contributed by atoms with E-state index in [2.05, 4.69) is 5.10 Å². The van der Waals surface area contributed by atoms with E-state index in [1.165, 1.54) is 6.07 Å². The molecular formula is C20H18N4O3. The molecule has 27 heavy (non-hydrogen) atoms. The Balaban J connectivity index is 1.76. The van der Waals surface area contributed by atoms with Crippen LogP contribution in [0.2, 0.25) is 0 Å². The van der Waals surface area contributed by atoms with Crippen LogP contribution in [0.25, 0.3) is 5.69 Å². The maximum absolute atomic E-state index is 12.8. The number of fused-ring (bicyclic) bond motifs is 1. The molecule has 0 spiro atoms. The zero-order valence-electron chi connectivity index (χ0n) is 15.0. The Kier molecular flexibility index (Phi) is 3.99. The molecule has 4 rings (SSSR count). The topological polar surface area (TPSA) is 81.3 Å². The van der Waals surface area contributed by atoms with Crippen LogP contribution in [0.5, 0.6) is 0 Å². The van der Waals surface area contributed by atoms with E-state index in [1.807, 2.05) is 48.9 Å². The lowest BCUT2D eigenvalue weighted by Crippen LogP contribution is -2.36. The fourth-order valence-corrected chi connectivity index (χ4v) is 3.61. The number of benzene rings is 2. The molecule has 1 aliphatic heterocycles. The zero-order chi connectivity index (χ0) is 19.1. The van der Waals surface area contributed by atoms with E-state index in [0.717, 1.165) is 33.9 Å². The van der Waals surface area contributed by atoms with Crippen LogP contribution in [-0.4, -0.2) is 20.6 Å². The van der Waals surface area contributed by atoms with Crippen molar-refractivity contribution in [2.75, 3.05) is 4.90 Å². The Morgan fingerprint density at radius 2 is 1.81 bits per heavy atom. The summed E-state index contributed by atoms with van der Waals surface area (Å²) >= 11 is 0. The lowest BCUT2D eigenvalue weighted by Gasteiger charge is -2.29. The monoisotopic (exact) mass is 362 g/mol. The number of para-hydroxylation sites is 1. The molecule has 2 aromatic carbocycles. The number of aromatic nitrogens is 2. The number of amides is 1. The van der Waals surface area contributed by atoms with E-state index >= 15 is 0 Å². The Labute approximate surface area is 156 Å². The molecule has 0 fully saturated rings. The second-order valence-corrected chi connectivity index (χ2v) is 6.63. The smallest absolute Gasteiger partial charge is 0.269 e. The molecule has 0 bridgehead atoms. The fraction of sp³-hybridized carbons (Fsp3) is 0.200. The van der Waals surface area contributed by atoms with Crippen molar-refractivity contribution >= 4 is 17.3 Å². The van der Waals surface area contributed by atoms with E-state index in [1.54, 1.807) is 17.0 Å². The second kappa shape index (κ2) is 6.35. The van der Waals surface area contributed by atoms with Crippen LogP contribution in [0.15, 0.2) is 48.5 Å². The fourth-order valence-electron chi connectivity index (χ4n) is 3.61. The van der Waals surface area contributed by atoms with Crippen LogP contribution in [0.1, 0.15) is 22.5 Å². The summed E-state index contributed by atoms with van der Waals surface area (Å²) < 4.78 is 1.82. The number of nitro benzene ring substituents is 1. The summed E-state index contributed by atoms with van der Waals surface area (Å²) in [5.74, 6) is -0.0323. The molecule has 1 amide bonds. The van der Waals surface area contributed by atoms with E-state index < -0.39 is 4.92 Å². The van der Waals surface area contributed by atoms with Gasteiger partial charge >= 0.3 is 0 Å². The van der Waals surface area contributed by atoms with Crippen LogP contribution < -0.4 is 4.90 Å². The predicted molar refractivity (Wildman–Crippen MR) is 101 cm³/mol. The summed E-state index contributed by atoms with van der Waals surface area (Å²) in [6, 6.07) is 14.4. The lowest BCUT2D eigenvalue weighted by molar-refractivity contribution is -0.384. The minimum absolute atomic E-state index is 0.0323. The van der Waals surface area contributed by atoms with Gasteiger partial charge in [-0.05, 0) is 37.1 Å². The van der Waals surface area contributed by atoms with Gasteiger partial charge in [0, 0.05) is 12.1 Å². The van der Waals surface area contributed by atoms with Crippen molar-refractivity contribution in [3.63, 3.8) is 0 Å². The number of hydrogen-bond donors (Lipinski definition) is 0. The van der Waals surface area contributed by atoms with Gasteiger partial charge in [-0.25, -0.2) is 4.68 Å². The average Bonchev–Trinajstić information content (AvgIpc) is 2.95. The maximum atomic E-state index is 12.8. The van der Waals surface area contributed by atoms with Crippen LogP contribution in [0.4, 0.5) is 11.4 Å². The first kappa shape index (κ1) is 17.0. The average molecular weight is 362 g/mol. The van der Waals surface area contributed by atoms with Crippen LogP contribution in [0, 0.1) is 24.0 Å². The standard InChI is InChI=1S/C20H18N4O3/c1-13-20(14(2)23(21-13)17-6-4-3-5-7-17)22-12-16-10-18(24(26)27)9-8-15(16)11-19(22)25/h3-10H,11-12H2,1-2H3. The minimum Gasteiger partial charge on any atom is -0.304 e. The number of anilines is 1. The molecule has 0 N–H and O–H groups in total.